The second-order valence-corrected chi connectivity index (χ2v) is 4.68. The Labute approximate surface area is 110 Å². The van der Waals surface area contributed by atoms with Gasteiger partial charge in [0, 0.05) is 11.3 Å². The summed E-state index contributed by atoms with van der Waals surface area (Å²) in [4.78, 5) is 0.185. The number of hydrogen-bond donors (Lipinski definition) is 1. The molecule has 0 aliphatic heterocycles. The van der Waals surface area contributed by atoms with Crippen LogP contribution in [-0.2, 0) is 0 Å². The van der Waals surface area contributed by atoms with Crippen molar-refractivity contribution in [3.63, 3.8) is 0 Å². The van der Waals surface area contributed by atoms with Crippen LogP contribution in [0.2, 0.25) is 0 Å². The molecule has 1 aromatic carbocycles. The first-order valence-corrected chi connectivity index (χ1v) is 5.95. The van der Waals surface area contributed by atoms with E-state index in [4.69, 9.17) is 18.0 Å². The highest BCUT2D eigenvalue weighted by Gasteiger charge is 2.13. The fourth-order valence-electron chi connectivity index (χ4n) is 1.79. The Morgan fingerprint density at radius 3 is 2.44 bits per heavy atom. The second kappa shape index (κ2) is 4.49. The molecule has 1 heterocycles. The van der Waals surface area contributed by atoms with Gasteiger partial charge in [0.2, 0.25) is 0 Å². The van der Waals surface area contributed by atoms with Crippen LogP contribution in [0.15, 0.2) is 18.2 Å². The van der Waals surface area contributed by atoms with Crippen molar-refractivity contribution in [3.05, 3.63) is 46.5 Å². The van der Waals surface area contributed by atoms with E-state index in [9.17, 15) is 4.39 Å². The molecule has 0 amide bonds. The molecule has 0 fully saturated rings. The summed E-state index contributed by atoms with van der Waals surface area (Å²) >= 11 is 4.82. The van der Waals surface area contributed by atoms with E-state index in [-0.39, 0.29) is 10.8 Å². The van der Waals surface area contributed by atoms with Crippen LogP contribution in [0, 0.1) is 26.6 Å². The van der Waals surface area contributed by atoms with Crippen molar-refractivity contribution in [1.82, 2.24) is 9.78 Å². The summed E-state index contributed by atoms with van der Waals surface area (Å²) in [6, 6.07) is 4.68. The minimum absolute atomic E-state index is 0.185. The van der Waals surface area contributed by atoms with Crippen molar-refractivity contribution in [2.24, 2.45) is 5.73 Å². The lowest BCUT2D eigenvalue weighted by molar-refractivity contribution is 0.607. The zero-order valence-electron chi connectivity index (χ0n) is 10.5. The largest absolute Gasteiger partial charge is 0.389 e. The summed E-state index contributed by atoms with van der Waals surface area (Å²) in [5.74, 6) is -0.383. The van der Waals surface area contributed by atoms with E-state index in [0.29, 0.717) is 11.3 Å². The van der Waals surface area contributed by atoms with Gasteiger partial charge in [-0.05, 0) is 44.5 Å². The third kappa shape index (κ3) is 2.01. The first-order valence-electron chi connectivity index (χ1n) is 5.54. The number of thiocarbonyl (C=S) groups is 1. The maximum Gasteiger partial charge on any atom is 0.149 e. The Balaban J connectivity index is 2.58. The summed E-state index contributed by atoms with van der Waals surface area (Å²) in [6.45, 7) is 5.78. The molecule has 0 spiro atoms. The van der Waals surface area contributed by atoms with Crippen molar-refractivity contribution in [2.45, 2.75) is 20.8 Å². The standard InChI is InChI=1S/C13H14FN3S/c1-7-8(2)16-17(9(7)3)12-5-4-10(13(15)18)6-11(12)14/h4-6H,1-3H3,(H2,15,18). The van der Waals surface area contributed by atoms with Crippen molar-refractivity contribution in [2.75, 3.05) is 0 Å². The summed E-state index contributed by atoms with van der Waals surface area (Å²) < 4.78 is 15.6. The summed E-state index contributed by atoms with van der Waals surface area (Å²) in [5.41, 5.74) is 9.28. The summed E-state index contributed by atoms with van der Waals surface area (Å²) in [5, 5.41) is 4.33. The number of hydrogen-bond acceptors (Lipinski definition) is 2. The average molecular weight is 263 g/mol. The van der Waals surface area contributed by atoms with Gasteiger partial charge in [0.05, 0.1) is 5.69 Å². The van der Waals surface area contributed by atoms with Gasteiger partial charge in [-0.25, -0.2) is 9.07 Å². The highest BCUT2D eigenvalue weighted by atomic mass is 32.1. The number of aryl methyl sites for hydroxylation is 1. The van der Waals surface area contributed by atoms with Gasteiger partial charge < -0.3 is 5.73 Å². The van der Waals surface area contributed by atoms with Crippen LogP contribution in [0.4, 0.5) is 4.39 Å². The number of rotatable bonds is 2. The van der Waals surface area contributed by atoms with Gasteiger partial charge in [0.15, 0.2) is 0 Å². The molecule has 2 rings (SSSR count). The van der Waals surface area contributed by atoms with E-state index in [0.717, 1.165) is 17.0 Å². The van der Waals surface area contributed by atoms with Crippen molar-refractivity contribution in [1.29, 1.82) is 0 Å². The zero-order valence-corrected chi connectivity index (χ0v) is 11.3. The topological polar surface area (TPSA) is 43.8 Å². The Morgan fingerprint density at radius 1 is 1.33 bits per heavy atom. The maximum absolute atomic E-state index is 14.0. The molecular formula is C13H14FN3S. The SMILES string of the molecule is Cc1nn(-c2ccc(C(N)=S)cc2F)c(C)c1C. The Hall–Kier alpha value is -1.75. The van der Waals surface area contributed by atoms with Gasteiger partial charge in [-0.2, -0.15) is 5.10 Å². The van der Waals surface area contributed by atoms with E-state index >= 15 is 0 Å². The first kappa shape index (κ1) is 12.7. The van der Waals surface area contributed by atoms with Crippen LogP contribution in [0.25, 0.3) is 5.69 Å². The van der Waals surface area contributed by atoms with Crippen molar-refractivity contribution >= 4 is 17.2 Å². The molecule has 2 N–H and O–H groups in total. The van der Waals surface area contributed by atoms with E-state index in [1.54, 1.807) is 16.8 Å². The van der Waals surface area contributed by atoms with Gasteiger partial charge in [0.1, 0.15) is 16.5 Å². The van der Waals surface area contributed by atoms with Gasteiger partial charge >= 0.3 is 0 Å². The normalized spacial score (nSPS) is 10.7. The predicted octanol–water partition coefficient (Wildman–Crippen LogP) is 2.57. The monoisotopic (exact) mass is 263 g/mol. The second-order valence-electron chi connectivity index (χ2n) is 4.24. The third-order valence-corrected chi connectivity index (χ3v) is 3.35. The van der Waals surface area contributed by atoms with Gasteiger partial charge in [-0.1, -0.05) is 12.2 Å². The number of aromatic nitrogens is 2. The summed E-state index contributed by atoms with van der Waals surface area (Å²) in [6.07, 6.45) is 0. The first-order chi connectivity index (χ1) is 8.41. The molecule has 0 unspecified atom stereocenters. The Kier molecular flexibility index (Phi) is 3.17. The summed E-state index contributed by atoms with van der Waals surface area (Å²) in [7, 11) is 0. The molecule has 0 saturated carbocycles. The molecule has 1 aromatic heterocycles. The highest BCUT2D eigenvalue weighted by molar-refractivity contribution is 7.80. The molecule has 0 aliphatic carbocycles. The molecular weight excluding hydrogens is 249 g/mol. The van der Waals surface area contributed by atoms with Gasteiger partial charge in [0.25, 0.3) is 0 Å². The fraction of sp³-hybridized carbons (Fsp3) is 0.231. The lowest BCUT2D eigenvalue weighted by atomic mass is 10.2. The highest BCUT2D eigenvalue weighted by Crippen LogP contribution is 2.20. The van der Waals surface area contributed by atoms with E-state index in [1.807, 2.05) is 20.8 Å². The molecule has 2 aromatic rings. The number of benzene rings is 1. The number of halogens is 1. The molecule has 0 radical (unpaired) electrons. The zero-order chi connectivity index (χ0) is 13.4. The average Bonchev–Trinajstić information content (AvgIpc) is 2.57. The maximum atomic E-state index is 14.0. The Morgan fingerprint density at radius 2 is 2.00 bits per heavy atom. The fourth-order valence-corrected chi connectivity index (χ4v) is 1.91. The van der Waals surface area contributed by atoms with Crippen LogP contribution >= 0.6 is 12.2 Å². The minimum atomic E-state index is -0.383. The van der Waals surface area contributed by atoms with E-state index in [2.05, 4.69) is 5.10 Å². The van der Waals surface area contributed by atoms with Crippen molar-refractivity contribution in [3.8, 4) is 5.69 Å². The molecule has 3 nitrogen and oxygen atoms in total. The molecule has 18 heavy (non-hydrogen) atoms. The quantitative estimate of drug-likeness (QED) is 0.847. The number of nitrogens with zero attached hydrogens (tertiary/aromatic N) is 2. The van der Waals surface area contributed by atoms with Crippen molar-refractivity contribution < 1.29 is 4.39 Å². The molecule has 0 atom stereocenters. The third-order valence-electron chi connectivity index (χ3n) is 3.11. The van der Waals surface area contributed by atoms with Crippen LogP contribution < -0.4 is 5.73 Å². The lowest BCUT2D eigenvalue weighted by Crippen LogP contribution is -2.11. The van der Waals surface area contributed by atoms with Crippen LogP contribution in [0.3, 0.4) is 0 Å². The van der Waals surface area contributed by atoms with Crippen LogP contribution in [-0.4, -0.2) is 14.8 Å². The predicted molar refractivity (Wildman–Crippen MR) is 73.6 cm³/mol. The molecule has 5 heteroatoms. The molecule has 0 aliphatic rings. The smallest absolute Gasteiger partial charge is 0.149 e. The molecule has 94 valence electrons. The minimum Gasteiger partial charge on any atom is -0.389 e. The number of nitrogens with two attached hydrogens (primary N) is 1. The van der Waals surface area contributed by atoms with Gasteiger partial charge in [-0.3, -0.25) is 0 Å². The van der Waals surface area contributed by atoms with Crippen LogP contribution in [0.1, 0.15) is 22.5 Å². The van der Waals surface area contributed by atoms with E-state index in [1.165, 1.54) is 6.07 Å². The molecule has 0 saturated heterocycles. The van der Waals surface area contributed by atoms with E-state index < -0.39 is 0 Å². The molecule has 0 bridgehead atoms. The Bertz CT molecular complexity index is 631. The van der Waals surface area contributed by atoms with Crippen LogP contribution in [0.5, 0.6) is 0 Å². The lowest BCUT2D eigenvalue weighted by Gasteiger charge is -2.07. The van der Waals surface area contributed by atoms with Gasteiger partial charge in [-0.15, -0.1) is 0 Å².